The number of ether oxygens (including phenoxy) is 1. The molecule has 1 amide bonds. The summed E-state index contributed by atoms with van der Waals surface area (Å²) in [4.78, 5) is 21.5. The van der Waals surface area contributed by atoms with E-state index in [-0.39, 0.29) is 11.8 Å². The molecule has 1 fully saturated rings. The Morgan fingerprint density at radius 2 is 2.00 bits per heavy atom. The number of benzene rings is 1. The number of hydrogen-bond acceptors (Lipinski definition) is 5. The van der Waals surface area contributed by atoms with Gasteiger partial charge in [-0.25, -0.2) is 4.98 Å². The fourth-order valence-corrected chi connectivity index (χ4v) is 3.64. The lowest BCUT2D eigenvalue weighted by Crippen LogP contribution is -2.50. The molecule has 26 heavy (non-hydrogen) atoms. The average Bonchev–Trinajstić information content (AvgIpc) is 2.73. The number of rotatable bonds is 2. The fourth-order valence-electron chi connectivity index (χ4n) is 3.64. The molecule has 0 aliphatic carbocycles. The van der Waals surface area contributed by atoms with Crippen molar-refractivity contribution in [2.75, 3.05) is 37.7 Å². The predicted octanol–water partition coefficient (Wildman–Crippen LogP) is 2.17. The molecule has 1 aromatic carbocycles. The van der Waals surface area contributed by atoms with Gasteiger partial charge >= 0.3 is 0 Å². The maximum Gasteiger partial charge on any atom is 0.230 e. The number of piperazine rings is 1. The van der Waals surface area contributed by atoms with Gasteiger partial charge in [0.25, 0.3) is 0 Å². The molecule has 2 aliphatic rings. The second-order valence-corrected chi connectivity index (χ2v) is 6.55. The number of anilines is 1. The Morgan fingerprint density at radius 3 is 2.81 bits per heavy atom. The van der Waals surface area contributed by atoms with E-state index in [1.807, 2.05) is 29.2 Å². The normalized spacial score (nSPS) is 19.3. The van der Waals surface area contributed by atoms with Gasteiger partial charge < -0.3 is 14.5 Å². The monoisotopic (exact) mass is 348 g/mol. The van der Waals surface area contributed by atoms with Gasteiger partial charge in [-0.1, -0.05) is 18.2 Å². The Morgan fingerprint density at radius 1 is 1.19 bits per heavy atom. The van der Waals surface area contributed by atoms with Crippen LogP contribution in [0.4, 0.5) is 5.82 Å². The van der Waals surface area contributed by atoms with Crippen molar-refractivity contribution >= 4 is 11.7 Å². The van der Waals surface area contributed by atoms with Gasteiger partial charge in [0.15, 0.2) is 0 Å². The lowest BCUT2D eigenvalue weighted by atomic mass is 9.91. The van der Waals surface area contributed by atoms with E-state index in [0.29, 0.717) is 25.3 Å². The quantitative estimate of drug-likeness (QED) is 0.832. The standard InChI is InChI=1S/C20H20N4O2/c21-14-15-5-7-22-19(13-15)23-8-10-24(11-9-23)20(25)17-6-12-26-18-4-2-1-3-16(17)18/h1-5,7,13,17H,6,8-12H2. The summed E-state index contributed by atoms with van der Waals surface area (Å²) in [6.45, 7) is 3.35. The minimum Gasteiger partial charge on any atom is -0.493 e. The third-order valence-electron chi connectivity index (χ3n) is 5.05. The van der Waals surface area contributed by atoms with Gasteiger partial charge in [-0.15, -0.1) is 0 Å². The van der Waals surface area contributed by atoms with Crippen LogP contribution in [0.5, 0.6) is 5.75 Å². The average molecular weight is 348 g/mol. The summed E-state index contributed by atoms with van der Waals surface area (Å²) in [5.41, 5.74) is 1.60. The molecule has 0 radical (unpaired) electrons. The van der Waals surface area contributed by atoms with Crippen LogP contribution in [0, 0.1) is 11.3 Å². The van der Waals surface area contributed by atoms with E-state index in [0.717, 1.165) is 36.6 Å². The maximum atomic E-state index is 13.1. The van der Waals surface area contributed by atoms with Crippen molar-refractivity contribution in [3.8, 4) is 11.8 Å². The van der Waals surface area contributed by atoms with Gasteiger partial charge in [0, 0.05) is 37.9 Å². The first kappa shape index (κ1) is 16.4. The highest BCUT2D eigenvalue weighted by Crippen LogP contribution is 2.34. The highest BCUT2D eigenvalue weighted by Gasteiger charge is 2.32. The fraction of sp³-hybridized carbons (Fsp3) is 0.350. The maximum absolute atomic E-state index is 13.1. The van der Waals surface area contributed by atoms with Gasteiger partial charge in [0.05, 0.1) is 24.2 Å². The molecule has 0 bridgehead atoms. The van der Waals surface area contributed by atoms with E-state index in [1.54, 1.807) is 18.3 Å². The first-order valence-electron chi connectivity index (χ1n) is 8.88. The predicted molar refractivity (Wildman–Crippen MR) is 97.0 cm³/mol. The van der Waals surface area contributed by atoms with Crippen LogP contribution >= 0.6 is 0 Å². The number of pyridine rings is 1. The van der Waals surface area contributed by atoms with Gasteiger partial charge in [0.2, 0.25) is 5.91 Å². The van der Waals surface area contributed by atoms with E-state index < -0.39 is 0 Å². The number of hydrogen-bond donors (Lipinski definition) is 0. The van der Waals surface area contributed by atoms with Crippen LogP contribution < -0.4 is 9.64 Å². The minimum absolute atomic E-state index is 0.119. The molecule has 6 heteroatoms. The largest absolute Gasteiger partial charge is 0.493 e. The van der Waals surface area contributed by atoms with E-state index in [4.69, 9.17) is 10.00 Å². The van der Waals surface area contributed by atoms with Crippen LogP contribution in [0.2, 0.25) is 0 Å². The summed E-state index contributed by atoms with van der Waals surface area (Å²) in [5.74, 6) is 1.69. The Balaban J connectivity index is 1.44. The summed E-state index contributed by atoms with van der Waals surface area (Å²) in [6.07, 6.45) is 2.38. The lowest BCUT2D eigenvalue weighted by molar-refractivity contribution is -0.133. The van der Waals surface area contributed by atoms with Crippen LogP contribution in [-0.2, 0) is 4.79 Å². The molecule has 3 heterocycles. The van der Waals surface area contributed by atoms with Gasteiger partial charge in [-0.2, -0.15) is 5.26 Å². The van der Waals surface area contributed by atoms with Crippen molar-refractivity contribution in [1.82, 2.24) is 9.88 Å². The molecule has 0 spiro atoms. The summed E-state index contributed by atoms with van der Waals surface area (Å²) >= 11 is 0. The molecule has 6 nitrogen and oxygen atoms in total. The lowest BCUT2D eigenvalue weighted by Gasteiger charge is -2.38. The zero-order valence-corrected chi connectivity index (χ0v) is 14.5. The third-order valence-corrected chi connectivity index (χ3v) is 5.05. The number of carbonyl (C=O) groups excluding carboxylic acids is 1. The molecule has 2 aromatic rings. The minimum atomic E-state index is -0.119. The zero-order chi connectivity index (χ0) is 17.9. The summed E-state index contributed by atoms with van der Waals surface area (Å²) < 4.78 is 5.67. The number of carbonyl (C=O) groups is 1. The van der Waals surface area contributed by atoms with E-state index in [1.165, 1.54) is 0 Å². The van der Waals surface area contributed by atoms with Crippen molar-refractivity contribution in [2.45, 2.75) is 12.3 Å². The van der Waals surface area contributed by atoms with Crippen molar-refractivity contribution in [3.63, 3.8) is 0 Å². The second kappa shape index (κ2) is 7.04. The Labute approximate surface area is 152 Å². The summed E-state index contributed by atoms with van der Waals surface area (Å²) in [7, 11) is 0. The van der Waals surface area contributed by atoms with E-state index in [9.17, 15) is 4.79 Å². The molecular weight excluding hydrogens is 328 g/mol. The molecule has 1 saturated heterocycles. The van der Waals surface area contributed by atoms with Gasteiger partial charge in [-0.05, 0) is 24.6 Å². The molecule has 0 N–H and O–H groups in total. The first-order valence-corrected chi connectivity index (χ1v) is 8.88. The molecule has 4 rings (SSSR count). The van der Waals surface area contributed by atoms with Crippen LogP contribution in [0.25, 0.3) is 0 Å². The smallest absolute Gasteiger partial charge is 0.230 e. The zero-order valence-electron chi connectivity index (χ0n) is 14.5. The number of aromatic nitrogens is 1. The SMILES string of the molecule is N#Cc1ccnc(N2CCN(C(=O)C3CCOc4ccccc43)CC2)c1. The number of nitrogens with zero attached hydrogens (tertiary/aromatic N) is 4. The molecule has 1 aromatic heterocycles. The van der Waals surface area contributed by atoms with Gasteiger partial charge in [0.1, 0.15) is 11.6 Å². The molecule has 0 saturated carbocycles. The van der Waals surface area contributed by atoms with E-state index >= 15 is 0 Å². The molecule has 1 unspecified atom stereocenters. The number of nitriles is 1. The highest BCUT2D eigenvalue weighted by atomic mass is 16.5. The van der Waals surface area contributed by atoms with Crippen molar-refractivity contribution < 1.29 is 9.53 Å². The molecule has 2 aliphatic heterocycles. The highest BCUT2D eigenvalue weighted by molar-refractivity contribution is 5.85. The topological polar surface area (TPSA) is 69.5 Å². The Kier molecular flexibility index (Phi) is 4.44. The number of para-hydroxylation sites is 1. The van der Waals surface area contributed by atoms with E-state index in [2.05, 4.69) is 16.0 Å². The molecular formula is C20H20N4O2. The van der Waals surface area contributed by atoms with Crippen LogP contribution in [0.15, 0.2) is 42.6 Å². The summed E-state index contributed by atoms with van der Waals surface area (Å²) in [5, 5.41) is 9.04. The number of fused-ring (bicyclic) bond motifs is 1. The van der Waals surface area contributed by atoms with Crippen LogP contribution in [0.1, 0.15) is 23.5 Å². The van der Waals surface area contributed by atoms with Crippen LogP contribution in [-0.4, -0.2) is 48.6 Å². The van der Waals surface area contributed by atoms with Crippen molar-refractivity contribution in [1.29, 1.82) is 5.26 Å². The first-order chi connectivity index (χ1) is 12.8. The second-order valence-electron chi connectivity index (χ2n) is 6.55. The number of amides is 1. The van der Waals surface area contributed by atoms with Gasteiger partial charge in [-0.3, -0.25) is 4.79 Å². The Hall–Kier alpha value is -3.07. The third kappa shape index (κ3) is 3.08. The summed E-state index contributed by atoms with van der Waals surface area (Å²) in [6, 6.07) is 13.5. The molecule has 1 atom stereocenters. The van der Waals surface area contributed by atoms with Crippen molar-refractivity contribution in [3.05, 3.63) is 53.7 Å². The van der Waals surface area contributed by atoms with Crippen LogP contribution in [0.3, 0.4) is 0 Å². The van der Waals surface area contributed by atoms with Crippen molar-refractivity contribution in [2.24, 2.45) is 0 Å². The molecule has 132 valence electrons. The Bertz CT molecular complexity index is 853.